The molecule has 2 heteroatoms. The van der Waals surface area contributed by atoms with E-state index in [1.807, 2.05) is 6.20 Å². The first-order valence-electron chi connectivity index (χ1n) is 9.41. The highest BCUT2D eigenvalue weighted by Gasteiger charge is 1.93. The van der Waals surface area contributed by atoms with Gasteiger partial charge < -0.3 is 4.98 Å². The Bertz CT molecular complexity index is 384. The average molecular weight is 303 g/mol. The van der Waals surface area contributed by atoms with Crippen molar-refractivity contribution in [3.63, 3.8) is 0 Å². The van der Waals surface area contributed by atoms with Crippen LogP contribution in [-0.2, 0) is 0 Å². The van der Waals surface area contributed by atoms with Crippen LogP contribution in [0, 0.1) is 11.8 Å². The van der Waals surface area contributed by atoms with Gasteiger partial charge in [-0.15, -0.1) is 0 Å². The first kappa shape index (κ1) is 18.8. The summed E-state index contributed by atoms with van der Waals surface area (Å²) < 4.78 is 0. The normalized spacial score (nSPS) is 10.4. The maximum Gasteiger partial charge on any atom is 0.182 e. The van der Waals surface area contributed by atoms with E-state index in [0.717, 1.165) is 12.2 Å². The maximum absolute atomic E-state index is 4.09. The average Bonchev–Trinajstić information content (AvgIpc) is 3.04. The van der Waals surface area contributed by atoms with Crippen LogP contribution >= 0.6 is 0 Å². The fourth-order valence-corrected chi connectivity index (χ4v) is 2.71. The molecule has 0 aliphatic heterocycles. The monoisotopic (exact) mass is 302 g/mol. The number of nitrogens with zero attached hydrogens (tertiary/aromatic N) is 1. The summed E-state index contributed by atoms with van der Waals surface area (Å²) in [5.74, 6) is 7.02. The van der Waals surface area contributed by atoms with E-state index in [1.54, 1.807) is 6.20 Å². The van der Waals surface area contributed by atoms with Crippen molar-refractivity contribution in [3.05, 3.63) is 18.2 Å². The minimum atomic E-state index is 0.787. The summed E-state index contributed by atoms with van der Waals surface area (Å²) in [5, 5.41) is 0. The lowest BCUT2D eigenvalue weighted by atomic mass is 10.0. The Morgan fingerprint density at radius 1 is 0.818 bits per heavy atom. The predicted octanol–water partition coefficient (Wildman–Crippen LogP) is 6.24. The second-order valence-corrected chi connectivity index (χ2v) is 6.23. The summed E-state index contributed by atoms with van der Waals surface area (Å²) in [5.41, 5.74) is 0. The topological polar surface area (TPSA) is 28.7 Å². The van der Waals surface area contributed by atoms with E-state index in [0.29, 0.717) is 0 Å². The zero-order valence-electron chi connectivity index (χ0n) is 14.5. The summed E-state index contributed by atoms with van der Waals surface area (Å²) >= 11 is 0. The van der Waals surface area contributed by atoms with Gasteiger partial charge in [0.2, 0.25) is 0 Å². The molecule has 124 valence electrons. The predicted molar refractivity (Wildman–Crippen MR) is 95.8 cm³/mol. The number of imidazole rings is 1. The van der Waals surface area contributed by atoms with Crippen LogP contribution in [0.4, 0.5) is 0 Å². The molecule has 0 saturated heterocycles. The van der Waals surface area contributed by atoms with Gasteiger partial charge in [0.05, 0.1) is 0 Å². The fraction of sp³-hybridized carbons (Fsp3) is 0.750. The van der Waals surface area contributed by atoms with Crippen LogP contribution in [0.3, 0.4) is 0 Å². The van der Waals surface area contributed by atoms with Crippen LogP contribution in [0.25, 0.3) is 0 Å². The fourth-order valence-electron chi connectivity index (χ4n) is 2.71. The van der Waals surface area contributed by atoms with Crippen LogP contribution in [0.15, 0.2) is 12.4 Å². The zero-order valence-corrected chi connectivity index (χ0v) is 14.5. The van der Waals surface area contributed by atoms with Gasteiger partial charge in [-0.25, -0.2) is 4.98 Å². The maximum atomic E-state index is 4.09. The Hall–Kier alpha value is -1.23. The van der Waals surface area contributed by atoms with Crippen molar-refractivity contribution in [2.75, 3.05) is 0 Å². The number of rotatable bonds is 13. The summed E-state index contributed by atoms with van der Waals surface area (Å²) in [4.78, 5) is 7.09. The van der Waals surface area contributed by atoms with Gasteiger partial charge in [0.1, 0.15) is 0 Å². The van der Waals surface area contributed by atoms with Crippen LogP contribution in [-0.4, -0.2) is 9.97 Å². The minimum Gasteiger partial charge on any atom is -0.338 e. The van der Waals surface area contributed by atoms with Crippen LogP contribution in [0.5, 0.6) is 0 Å². The van der Waals surface area contributed by atoms with E-state index >= 15 is 0 Å². The molecule has 0 aliphatic carbocycles. The first-order valence-corrected chi connectivity index (χ1v) is 9.41. The molecule has 0 aliphatic rings. The number of unbranched alkanes of at least 4 members (excludes halogenated alkanes) is 13. The first-order chi connectivity index (χ1) is 10.9. The van der Waals surface area contributed by atoms with Gasteiger partial charge in [0.25, 0.3) is 0 Å². The van der Waals surface area contributed by atoms with Gasteiger partial charge in [-0.3, -0.25) is 0 Å². The number of aromatic nitrogens is 2. The molecule has 1 heterocycles. The number of hydrogen-bond acceptors (Lipinski definition) is 1. The smallest absolute Gasteiger partial charge is 0.182 e. The van der Waals surface area contributed by atoms with Crippen molar-refractivity contribution < 1.29 is 0 Å². The van der Waals surface area contributed by atoms with Crippen LogP contribution < -0.4 is 0 Å². The highest BCUT2D eigenvalue weighted by molar-refractivity contribution is 5.19. The molecule has 0 amide bonds. The Morgan fingerprint density at radius 2 is 1.36 bits per heavy atom. The second kappa shape index (κ2) is 14.7. The lowest BCUT2D eigenvalue weighted by molar-refractivity contribution is 0.540. The molecule has 1 rings (SSSR count). The van der Waals surface area contributed by atoms with Gasteiger partial charge in [0.15, 0.2) is 5.82 Å². The zero-order chi connectivity index (χ0) is 15.7. The van der Waals surface area contributed by atoms with E-state index in [2.05, 4.69) is 28.7 Å². The molecular formula is C20H34N2. The Kier molecular flexibility index (Phi) is 12.6. The van der Waals surface area contributed by atoms with Gasteiger partial charge in [-0.05, 0) is 12.3 Å². The molecule has 0 spiro atoms. The molecule has 0 atom stereocenters. The van der Waals surface area contributed by atoms with Crippen molar-refractivity contribution >= 4 is 0 Å². The quantitative estimate of drug-likeness (QED) is 0.339. The van der Waals surface area contributed by atoms with Crippen molar-refractivity contribution in [1.82, 2.24) is 9.97 Å². The van der Waals surface area contributed by atoms with Crippen molar-refractivity contribution in [2.24, 2.45) is 0 Å². The summed E-state index contributed by atoms with van der Waals surface area (Å²) in [7, 11) is 0. The number of H-pyrrole nitrogens is 1. The Balaban J connectivity index is 1.75. The summed E-state index contributed by atoms with van der Waals surface area (Å²) in [6.45, 7) is 2.28. The standard InChI is InChI=1S/C20H34N2/c1-2-3-4-5-6-7-8-9-10-11-12-13-14-15-16-17-20-21-18-19-22-20/h18-19H,2-15H2,1H3,(H,21,22). The molecule has 0 bridgehead atoms. The lowest BCUT2D eigenvalue weighted by Gasteiger charge is -2.02. The number of aromatic amines is 1. The molecule has 1 N–H and O–H groups in total. The minimum absolute atomic E-state index is 0.787. The Labute approximate surface area is 137 Å². The third-order valence-corrected chi connectivity index (χ3v) is 4.11. The summed E-state index contributed by atoms with van der Waals surface area (Å²) in [6, 6.07) is 0. The molecule has 0 unspecified atom stereocenters. The van der Waals surface area contributed by atoms with E-state index in [9.17, 15) is 0 Å². The second-order valence-electron chi connectivity index (χ2n) is 6.23. The molecule has 0 radical (unpaired) electrons. The third kappa shape index (κ3) is 11.4. The highest BCUT2D eigenvalue weighted by Crippen LogP contribution is 2.12. The lowest BCUT2D eigenvalue weighted by Crippen LogP contribution is -1.83. The van der Waals surface area contributed by atoms with Crippen LogP contribution in [0.2, 0.25) is 0 Å². The van der Waals surface area contributed by atoms with Gasteiger partial charge in [-0.2, -0.15) is 0 Å². The van der Waals surface area contributed by atoms with E-state index in [4.69, 9.17) is 0 Å². The SMILES string of the molecule is CCCCCCCCCCCCCCCC#Cc1ncc[nH]1. The number of hydrogen-bond donors (Lipinski definition) is 1. The molecule has 22 heavy (non-hydrogen) atoms. The molecule has 1 aromatic heterocycles. The van der Waals surface area contributed by atoms with Crippen molar-refractivity contribution in [1.29, 1.82) is 0 Å². The molecular weight excluding hydrogens is 268 g/mol. The van der Waals surface area contributed by atoms with Crippen LogP contribution in [0.1, 0.15) is 103 Å². The Morgan fingerprint density at radius 3 is 1.86 bits per heavy atom. The van der Waals surface area contributed by atoms with Gasteiger partial charge >= 0.3 is 0 Å². The highest BCUT2D eigenvalue weighted by atomic mass is 14.9. The molecule has 0 saturated carbocycles. The third-order valence-electron chi connectivity index (χ3n) is 4.11. The van der Waals surface area contributed by atoms with Crippen molar-refractivity contribution in [3.8, 4) is 11.8 Å². The molecule has 1 aromatic rings. The molecule has 0 fully saturated rings. The van der Waals surface area contributed by atoms with E-state index in [-0.39, 0.29) is 0 Å². The van der Waals surface area contributed by atoms with Gasteiger partial charge in [0, 0.05) is 18.8 Å². The largest absolute Gasteiger partial charge is 0.338 e. The molecule has 2 nitrogen and oxygen atoms in total. The van der Waals surface area contributed by atoms with E-state index < -0.39 is 0 Å². The summed E-state index contributed by atoms with van der Waals surface area (Å²) in [6.07, 6.45) is 22.8. The van der Waals surface area contributed by atoms with Gasteiger partial charge in [-0.1, -0.05) is 89.9 Å². The van der Waals surface area contributed by atoms with Crippen molar-refractivity contribution in [2.45, 2.75) is 96.8 Å². The van der Waals surface area contributed by atoms with E-state index in [1.165, 1.54) is 83.5 Å². The molecule has 0 aromatic carbocycles. The number of nitrogens with one attached hydrogen (secondary N) is 1.